The fraction of sp³-hybridized carbons (Fsp3) is 0. The van der Waals surface area contributed by atoms with Crippen LogP contribution < -0.4 is 0 Å². The molecule has 12 aromatic carbocycles. The van der Waals surface area contributed by atoms with Gasteiger partial charge in [-0.2, -0.15) is 0 Å². The van der Waals surface area contributed by atoms with E-state index < -0.39 is 0 Å². The van der Waals surface area contributed by atoms with Gasteiger partial charge in [0.05, 0.1) is 11.0 Å². The second-order valence-corrected chi connectivity index (χ2v) is 18.8. The van der Waals surface area contributed by atoms with Gasteiger partial charge >= 0.3 is 0 Å². The minimum Gasteiger partial charge on any atom is -0.309 e. The van der Waals surface area contributed by atoms with Crippen LogP contribution in [0, 0.1) is 0 Å². The van der Waals surface area contributed by atoms with E-state index >= 15 is 0 Å². The van der Waals surface area contributed by atoms with Crippen molar-refractivity contribution in [3.8, 4) is 84.4 Å². The van der Waals surface area contributed by atoms with E-state index in [2.05, 4.69) is 253 Å². The maximum absolute atomic E-state index is 5.50. The molecule has 0 fully saturated rings. The lowest BCUT2D eigenvalue weighted by Crippen LogP contribution is -2.02. The van der Waals surface area contributed by atoms with Crippen molar-refractivity contribution in [1.29, 1.82) is 0 Å². The number of nitrogens with zero attached hydrogens (tertiary/aromatic N) is 4. The summed E-state index contributed by atoms with van der Waals surface area (Å²) < 4.78 is 2.42. The third-order valence-electron chi connectivity index (χ3n) is 14.4. The molecule has 0 N–H and O–H groups in total. The summed E-state index contributed by atoms with van der Waals surface area (Å²) in [4.78, 5) is 16.2. The number of benzene rings is 12. The first-order chi connectivity index (χ1) is 36.2. The molecule has 0 radical (unpaired) electrons. The second-order valence-electron chi connectivity index (χ2n) is 18.8. The van der Waals surface area contributed by atoms with Crippen molar-refractivity contribution >= 4 is 54.1 Å². The van der Waals surface area contributed by atoms with Gasteiger partial charge in [-0.15, -0.1) is 0 Å². The van der Waals surface area contributed by atoms with Gasteiger partial charge in [-0.05, 0) is 131 Å². The molecular weight excluding hydrogens is 885 g/mol. The Labute approximate surface area is 422 Å². The van der Waals surface area contributed by atoms with Crippen LogP contribution in [0.25, 0.3) is 138 Å². The van der Waals surface area contributed by atoms with Crippen molar-refractivity contribution in [2.75, 3.05) is 0 Å². The Morgan fingerprint density at radius 1 is 0.192 bits per heavy atom. The summed E-state index contributed by atoms with van der Waals surface area (Å²) >= 11 is 0. The Morgan fingerprint density at radius 3 is 1.08 bits per heavy atom. The molecule has 0 amide bonds. The van der Waals surface area contributed by atoms with Gasteiger partial charge in [-0.25, -0.2) is 15.0 Å². The third kappa shape index (κ3) is 7.52. The minimum absolute atomic E-state index is 0.585. The van der Waals surface area contributed by atoms with Crippen LogP contribution >= 0.6 is 0 Å². The van der Waals surface area contributed by atoms with Crippen LogP contribution in [-0.2, 0) is 0 Å². The van der Waals surface area contributed by atoms with Crippen molar-refractivity contribution < 1.29 is 0 Å². The van der Waals surface area contributed by atoms with E-state index in [0.29, 0.717) is 17.5 Å². The van der Waals surface area contributed by atoms with Crippen LogP contribution in [0.15, 0.2) is 267 Å². The summed E-state index contributed by atoms with van der Waals surface area (Å²) in [5, 5.41) is 9.80. The van der Waals surface area contributed by atoms with Gasteiger partial charge in [-0.3, -0.25) is 0 Å². The van der Waals surface area contributed by atoms with E-state index in [0.717, 1.165) is 72.4 Å². The molecule has 0 aliphatic rings. The SMILES string of the molecule is c1ccc(-c2cc(-c3ccccc3)cc(-c3nc(-c4ccccc4)nc(-c4cc(-c5ccc6c7ccccc7c7ccccc7c6c5)cc(-n5c6ccccc6c6ccc(-c7ccccc7)cc65)c4)n3)c2)cc1. The average Bonchev–Trinajstić information content (AvgIpc) is 3.81. The van der Waals surface area contributed by atoms with Crippen molar-refractivity contribution in [1.82, 2.24) is 19.5 Å². The zero-order valence-electron chi connectivity index (χ0n) is 39.7. The van der Waals surface area contributed by atoms with E-state index in [4.69, 9.17) is 15.0 Å². The summed E-state index contributed by atoms with van der Waals surface area (Å²) in [6.45, 7) is 0. The highest BCUT2D eigenvalue weighted by Crippen LogP contribution is 2.41. The molecule has 340 valence electrons. The van der Waals surface area contributed by atoms with Crippen LogP contribution in [-0.4, -0.2) is 19.5 Å². The zero-order chi connectivity index (χ0) is 48.2. The van der Waals surface area contributed by atoms with Gasteiger partial charge in [0.25, 0.3) is 0 Å². The van der Waals surface area contributed by atoms with Crippen molar-refractivity contribution in [3.63, 3.8) is 0 Å². The third-order valence-corrected chi connectivity index (χ3v) is 14.4. The van der Waals surface area contributed by atoms with E-state index in [1.54, 1.807) is 0 Å². The van der Waals surface area contributed by atoms with Crippen LogP contribution in [0.1, 0.15) is 0 Å². The van der Waals surface area contributed by atoms with Crippen molar-refractivity contribution in [3.05, 3.63) is 267 Å². The summed E-state index contributed by atoms with van der Waals surface area (Å²) in [5.74, 6) is 1.79. The van der Waals surface area contributed by atoms with Crippen molar-refractivity contribution in [2.45, 2.75) is 0 Å². The van der Waals surface area contributed by atoms with Gasteiger partial charge in [-0.1, -0.05) is 212 Å². The number of aromatic nitrogens is 4. The fourth-order valence-electron chi connectivity index (χ4n) is 10.9. The molecule has 2 heterocycles. The Hall–Kier alpha value is -9.77. The Bertz CT molecular complexity index is 4320. The topological polar surface area (TPSA) is 43.6 Å². The molecule has 4 nitrogen and oxygen atoms in total. The largest absolute Gasteiger partial charge is 0.309 e. The molecule has 73 heavy (non-hydrogen) atoms. The molecule has 4 heteroatoms. The lowest BCUT2D eigenvalue weighted by atomic mass is 9.91. The highest BCUT2D eigenvalue weighted by Gasteiger charge is 2.20. The Kier molecular flexibility index (Phi) is 10.1. The van der Waals surface area contributed by atoms with Crippen LogP contribution in [0.2, 0.25) is 0 Å². The quantitative estimate of drug-likeness (QED) is 0.143. The summed E-state index contributed by atoms with van der Waals surface area (Å²) in [6, 6.07) is 95.6. The molecule has 14 aromatic rings. The molecule has 0 saturated carbocycles. The van der Waals surface area contributed by atoms with Gasteiger partial charge in [0.1, 0.15) is 0 Å². The molecule has 0 aliphatic heterocycles. The Morgan fingerprint density at radius 2 is 0.534 bits per heavy atom. The van der Waals surface area contributed by atoms with Crippen LogP contribution in [0.4, 0.5) is 0 Å². The van der Waals surface area contributed by atoms with E-state index in [1.165, 1.54) is 48.7 Å². The summed E-state index contributed by atoms with van der Waals surface area (Å²) in [5.41, 5.74) is 14.8. The molecule has 14 rings (SSSR count). The lowest BCUT2D eigenvalue weighted by molar-refractivity contribution is 1.07. The first-order valence-corrected chi connectivity index (χ1v) is 24.8. The fourth-order valence-corrected chi connectivity index (χ4v) is 10.9. The Balaban J connectivity index is 1.05. The monoisotopic (exact) mass is 928 g/mol. The second kappa shape index (κ2) is 17.6. The van der Waals surface area contributed by atoms with E-state index in [-0.39, 0.29) is 0 Å². The molecule has 0 bridgehead atoms. The van der Waals surface area contributed by atoms with E-state index in [1.807, 2.05) is 18.2 Å². The number of rotatable bonds is 8. The van der Waals surface area contributed by atoms with Gasteiger partial charge in [0, 0.05) is 33.2 Å². The maximum atomic E-state index is 5.50. The zero-order valence-corrected chi connectivity index (χ0v) is 39.7. The summed E-state index contributed by atoms with van der Waals surface area (Å²) in [6.07, 6.45) is 0. The normalized spacial score (nSPS) is 11.6. The first-order valence-electron chi connectivity index (χ1n) is 24.8. The number of fused-ring (bicyclic) bond motifs is 9. The highest BCUT2D eigenvalue weighted by molar-refractivity contribution is 6.25. The molecule has 0 atom stereocenters. The van der Waals surface area contributed by atoms with Crippen LogP contribution in [0.3, 0.4) is 0 Å². The molecule has 0 aliphatic carbocycles. The number of para-hydroxylation sites is 1. The van der Waals surface area contributed by atoms with Crippen LogP contribution in [0.5, 0.6) is 0 Å². The molecular formula is C69H44N4. The molecule has 0 spiro atoms. The standard InChI is InChI=1S/C69H44N4/c1-5-19-45(20-6-1)50-34-36-63-62-31-17-18-32-65(62)73(66(63)44-50)56-41-53(49-33-35-61-59-29-14-13-27-57(59)58-28-15-16-30-60(58)64(61)43-49)40-55(42-56)69-71-67(48-25-11-4-12-26-48)70-68(72-69)54-38-51(46-21-7-2-8-22-46)37-52(39-54)47-23-9-3-10-24-47/h1-44H. The molecule has 0 unspecified atom stereocenters. The summed E-state index contributed by atoms with van der Waals surface area (Å²) in [7, 11) is 0. The lowest BCUT2D eigenvalue weighted by Gasteiger charge is -2.16. The van der Waals surface area contributed by atoms with E-state index in [9.17, 15) is 0 Å². The smallest absolute Gasteiger partial charge is 0.164 e. The number of hydrogen-bond donors (Lipinski definition) is 0. The predicted octanol–water partition coefficient (Wildman–Crippen LogP) is 18.1. The minimum atomic E-state index is 0.585. The maximum Gasteiger partial charge on any atom is 0.164 e. The van der Waals surface area contributed by atoms with Gasteiger partial charge in [0.2, 0.25) is 0 Å². The molecule has 0 saturated heterocycles. The number of hydrogen-bond acceptors (Lipinski definition) is 3. The molecule has 2 aromatic heterocycles. The van der Waals surface area contributed by atoms with Crippen molar-refractivity contribution in [2.24, 2.45) is 0 Å². The van der Waals surface area contributed by atoms with Gasteiger partial charge < -0.3 is 4.57 Å². The average molecular weight is 929 g/mol. The highest BCUT2D eigenvalue weighted by atomic mass is 15.0. The van der Waals surface area contributed by atoms with Gasteiger partial charge in [0.15, 0.2) is 17.5 Å². The predicted molar refractivity (Wildman–Crippen MR) is 305 cm³/mol. The first kappa shape index (κ1) is 42.1.